The number of rotatable bonds is 3. The molecule has 7 nitrogen and oxygen atoms in total. The fourth-order valence-corrected chi connectivity index (χ4v) is 4.82. The predicted molar refractivity (Wildman–Crippen MR) is 115 cm³/mol. The molecule has 0 saturated carbocycles. The first-order chi connectivity index (χ1) is 15.1. The van der Waals surface area contributed by atoms with Crippen LogP contribution in [0.15, 0.2) is 47.0 Å². The fraction of sp³-hybridized carbons (Fsp3) is 0.417. The van der Waals surface area contributed by atoms with E-state index in [9.17, 15) is 4.79 Å². The van der Waals surface area contributed by atoms with Crippen molar-refractivity contribution in [3.63, 3.8) is 0 Å². The number of nitrogens with zero attached hydrogens (tertiary/aromatic N) is 4. The van der Waals surface area contributed by atoms with E-state index in [0.29, 0.717) is 43.6 Å². The van der Waals surface area contributed by atoms with Gasteiger partial charge in [-0.1, -0.05) is 17.7 Å². The molecule has 1 spiro atoms. The van der Waals surface area contributed by atoms with Crippen molar-refractivity contribution in [3.05, 3.63) is 65.3 Å². The Hall–Kier alpha value is -3.06. The zero-order chi connectivity index (χ0) is 21.4. The van der Waals surface area contributed by atoms with Crippen LogP contribution < -0.4 is 0 Å². The summed E-state index contributed by atoms with van der Waals surface area (Å²) in [6, 6.07) is 11.7. The van der Waals surface area contributed by atoms with Gasteiger partial charge in [0.1, 0.15) is 0 Å². The van der Waals surface area contributed by atoms with E-state index in [1.807, 2.05) is 55.1 Å². The van der Waals surface area contributed by atoms with Gasteiger partial charge in [0.15, 0.2) is 0 Å². The number of amides is 1. The van der Waals surface area contributed by atoms with Crippen molar-refractivity contribution >= 4 is 5.91 Å². The molecule has 7 heteroatoms. The van der Waals surface area contributed by atoms with Gasteiger partial charge in [-0.3, -0.25) is 9.78 Å². The van der Waals surface area contributed by atoms with E-state index in [1.54, 1.807) is 6.20 Å². The molecule has 2 aliphatic rings. The molecule has 2 aromatic heterocycles. The molecule has 4 heterocycles. The molecular formula is C24H26N4O3. The highest BCUT2D eigenvalue weighted by Crippen LogP contribution is 2.49. The average Bonchev–Trinajstić information content (AvgIpc) is 3.40. The minimum Gasteiger partial charge on any atom is -0.420 e. The van der Waals surface area contributed by atoms with Gasteiger partial charge in [0.25, 0.3) is 5.91 Å². The number of carbonyl (C=O) groups excluding carboxylic acids is 1. The number of pyridine rings is 1. The first-order valence-corrected chi connectivity index (χ1v) is 10.7. The van der Waals surface area contributed by atoms with Crippen LogP contribution in [-0.2, 0) is 4.74 Å². The lowest BCUT2D eigenvalue weighted by Gasteiger charge is -2.36. The summed E-state index contributed by atoms with van der Waals surface area (Å²) in [7, 11) is 0. The Labute approximate surface area is 181 Å². The van der Waals surface area contributed by atoms with Crippen LogP contribution in [0.25, 0.3) is 11.5 Å². The normalized spacial score (nSPS) is 20.3. The number of aromatic nitrogens is 3. The molecule has 1 aromatic carbocycles. The van der Waals surface area contributed by atoms with Crippen LogP contribution in [0, 0.1) is 19.3 Å². The summed E-state index contributed by atoms with van der Waals surface area (Å²) >= 11 is 0. The van der Waals surface area contributed by atoms with Crippen LogP contribution >= 0.6 is 0 Å². The molecule has 0 N–H and O–H groups in total. The fourth-order valence-electron chi connectivity index (χ4n) is 4.82. The van der Waals surface area contributed by atoms with Crippen molar-refractivity contribution in [3.8, 4) is 11.5 Å². The lowest BCUT2D eigenvalue weighted by atomic mass is 9.72. The number of hydrogen-bond acceptors (Lipinski definition) is 6. The molecule has 3 aromatic rings. The van der Waals surface area contributed by atoms with Gasteiger partial charge in [-0.2, -0.15) is 0 Å². The first kappa shape index (κ1) is 19.9. The lowest BCUT2D eigenvalue weighted by molar-refractivity contribution is 0.00907. The van der Waals surface area contributed by atoms with Gasteiger partial charge in [-0.25, -0.2) is 0 Å². The number of benzene rings is 1. The van der Waals surface area contributed by atoms with Crippen LogP contribution in [0.1, 0.15) is 46.3 Å². The molecule has 0 bridgehead atoms. The van der Waals surface area contributed by atoms with Gasteiger partial charge in [-0.05, 0) is 51.0 Å². The average molecular weight is 418 g/mol. The monoisotopic (exact) mass is 418 g/mol. The van der Waals surface area contributed by atoms with Crippen molar-refractivity contribution in [2.45, 2.75) is 32.6 Å². The van der Waals surface area contributed by atoms with Crippen LogP contribution in [0.3, 0.4) is 0 Å². The summed E-state index contributed by atoms with van der Waals surface area (Å²) in [5.74, 6) is 1.13. The van der Waals surface area contributed by atoms with Crippen molar-refractivity contribution < 1.29 is 13.9 Å². The van der Waals surface area contributed by atoms with Crippen LogP contribution in [0.2, 0.25) is 0 Å². The molecule has 1 unspecified atom stereocenters. The Balaban J connectivity index is 1.46. The van der Waals surface area contributed by atoms with E-state index in [4.69, 9.17) is 9.15 Å². The maximum Gasteiger partial charge on any atom is 0.255 e. The van der Waals surface area contributed by atoms with Crippen molar-refractivity contribution in [2.24, 2.45) is 5.41 Å². The van der Waals surface area contributed by atoms with Crippen LogP contribution in [-0.4, -0.2) is 52.3 Å². The highest BCUT2D eigenvalue weighted by atomic mass is 16.5. The van der Waals surface area contributed by atoms with Crippen molar-refractivity contribution in [2.75, 3.05) is 26.3 Å². The standard InChI is InChI=1S/C24H26N4O3/c1-16-5-7-18(8-6-16)21-26-27-22(31-21)20-14-28(15-24(20)9-12-30-13-10-24)23(29)19-4-3-11-25-17(19)2/h3-8,11,20H,9-10,12-15H2,1-2H3. The number of hydrogen-bond donors (Lipinski definition) is 0. The zero-order valence-electron chi connectivity index (χ0n) is 17.9. The Bertz CT molecular complexity index is 1090. The highest BCUT2D eigenvalue weighted by Gasteiger charge is 2.51. The van der Waals surface area contributed by atoms with Gasteiger partial charge in [-0.15, -0.1) is 10.2 Å². The third-order valence-corrected chi connectivity index (χ3v) is 6.70. The molecule has 31 heavy (non-hydrogen) atoms. The minimum absolute atomic E-state index is 0.0102. The van der Waals surface area contributed by atoms with Gasteiger partial charge < -0.3 is 14.1 Å². The number of ether oxygens (including phenoxy) is 1. The second-order valence-electron chi connectivity index (χ2n) is 8.66. The summed E-state index contributed by atoms with van der Waals surface area (Å²) < 4.78 is 11.8. The molecule has 0 radical (unpaired) electrons. The minimum atomic E-state index is -0.110. The maximum atomic E-state index is 13.3. The third kappa shape index (κ3) is 3.63. The maximum absolute atomic E-state index is 13.3. The number of likely N-dealkylation sites (tertiary alicyclic amines) is 1. The zero-order valence-corrected chi connectivity index (χ0v) is 17.9. The summed E-state index contributed by atoms with van der Waals surface area (Å²) in [4.78, 5) is 19.5. The molecule has 1 atom stereocenters. The van der Waals surface area contributed by atoms with E-state index in [1.165, 1.54) is 5.56 Å². The summed E-state index contributed by atoms with van der Waals surface area (Å²) in [6.45, 7) is 6.51. The third-order valence-electron chi connectivity index (χ3n) is 6.70. The topological polar surface area (TPSA) is 81.4 Å². The molecule has 2 saturated heterocycles. The predicted octanol–water partition coefficient (Wildman–Crippen LogP) is 3.78. The molecule has 160 valence electrons. The molecule has 2 aliphatic heterocycles. The second-order valence-corrected chi connectivity index (χ2v) is 8.66. The van der Waals surface area contributed by atoms with Crippen molar-refractivity contribution in [1.29, 1.82) is 0 Å². The smallest absolute Gasteiger partial charge is 0.255 e. The molecule has 0 aliphatic carbocycles. The van der Waals surface area contributed by atoms with E-state index < -0.39 is 0 Å². The molecular weight excluding hydrogens is 392 g/mol. The van der Waals surface area contributed by atoms with Gasteiger partial charge in [0.05, 0.1) is 11.5 Å². The van der Waals surface area contributed by atoms with E-state index in [-0.39, 0.29) is 17.2 Å². The summed E-state index contributed by atoms with van der Waals surface area (Å²) in [6.07, 6.45) is 3.45. The Kier molecular flexibility index (Phi) is 5.06. The van der Waals surface area contributed by atoms with Gasteiger partial charge >= 0.3 is 0 Å². The quantitative estimate of drug-likeness (QED) is 0.644. The summed E-state index contributed by atoms with van der Waals surface area (Å²) in [5.41, 5.74) is 3.37. The summed E-state index contributed by atoms with van der Waals surface area (Å²) in [5, 5.41) is 8.74. The Morgan fingerprint density at radius 3 is 2.61 bits per heavy atom. The van der Waals surface area contributed by atoms with E-state index in [2.05, 4.69) is 15.2 Å². The molecule has 2 fully saturated rings. The second kappa shape index (κ2) is 7.89. The van der Waals surface area contributed by atoms with E-state index in [0.717, 1.165) is 24.1 Å². The largest absolute Gasteiger partial charge is 0.420 e. The van der Waals surface area contributed by atoms with Crippen LogP contribution in [0.5, 0.6) is 0 Å². The first-order valence-electron chi connectivity index (χ1n) is 10.7. The Morgan fingerprint density at radius 1 is 1.10 bits per heavy atom. The van der Waals surface area contributed by atoms with Gasteiger partial charge in [0.2, 0.25) is 11.8 Å². The molecule has 1 amide bonds. The Morgan fingerprint density at radius 2 is 1.87 bits per heavy atom. The lowest BCUT2D eigenvalue weighted by Crippen LogP contribution is -2.37. The SMILES string of the molecule is Cc1ccc(-c2nnc(C3CN(C(=O)c4cccnc4C)CC34CCOCC4)o2)cc1. The molecule has 5 rings (SSSR count). The number of carbonyl (C=O) groups is 1. The van der Waals surface area contributed by atoms with Gasteiger partial charge in [0, 0.05) is 49.2 Å². The highest BCUT2D eigenvalue weighted by molar-refractivity contribution is 5.95. The van der Waals surface area contributed by atoms with E-state index >= 15 is 0 Å². The number of aryl methyl sites for hydroxylation is 2. The van der Waals surface area contributed by atoms with Crippen LogP contribution in [0.4, 0.5) is 0 Å². The van der Waals surface area contributed by atoms with Crippen molar-refractivity contribution in [1.82, 2.24) is 20.1 Å².